The Morgan fingerprint density at radius 2 is 2.60 bits per heavy atom. The summed E-state index contributed by atoms with van der Waals surface area (Å²) < 4.78 is 1.35. The Kier molecular flexibility index (Phi) is 1.71. The fourth-order valence-corrected chi connectivity index (χ4v) is 0.684. The molecule has 1 aromatic rings. The highest BCUT2D eigenvalue weighted by atomic mass is 15.3. The molecule has 0 spiro atoms. The van der Waals surface area contributed by atoms with Gasteiger partial charge in [-0.15, -0.1) is 0 Å². The van der Waals surface area contributed by atoms with Gasteiger partial charge in [-0.05, 0) is 12.5 Å². The lowest BCUT2D eigenvalue weighted by Crippen LogP contribution is -2.21. The summed E-state index contributed by atoms with van der Waals surface area (Å²) in [5.41, 5.74) is 6.12. The van der Waals surface area contributed by atoms with Crippen LogP contribution in [0.25, 0.3) is 0 Å². The molecule has 1 heterocycles. The van der Waals surface area contributed by atoms with Crippen LogP contribution in [0.1, 0.15) is 12.6 Å². The average molecular weight is 138 g/mol. The Balaban J connectivity index is 2.88. The third kappa shape index (κ3) is 1.15. The minimum atomic E-state index is -0.0419. The topological polar surface area (TPSA) is 67.7 Å². The van der Waals surface area contributed by atoms with E-state index < -0.39 is 0 Å². The molecule has 0 aliphatic heterocycles. The number of hydrogen-bond acceptors (Lipinski definition) is 2. The summed E-state index contributed by atoms with van der Waals surface area (Å²) >= 11 is 0. The van der Waals surface area contributed by atoms with Gasteiger partial charge >= 0.3 is 0 Å². The zero-order valence-electron chi connectivity index (χ0n) is 5.83. The summed E-state index contributed by atoms with van der Waals surface area (Å²) in [6.07, 6.45) is 2.56. The molecule has 0 unspecified atom stereocenters. The highest BCUT2D eigenvalue weighted by Gasteiger charge is 1.96. The lowest BCUT2D eigenvalue weighted by atomic mass is 10.4. The number of nitrogens with one attached hydrogen (secondary N) is 1. The highest BCUT2D eigenvalue weighted by Crippen LogP contribution is 1.93. The molecule has 0 aliphatic rings. The van der Waals surface area contributed by atoms with Gasteiger partial charge in [0.1, 0.15) is 0 Å². The second-order valence-electron chi connectivity index (χ2n) is 1.99. The van der Waals surface area contributed by atoms with Crippen LogP contribution in [0.4, 0.5) is 0 Å². The molecule has 0 saturated heterocycles. The lowest BCUT2D eigenvalue weighted by molar-refractivity contribution is 0.867. The zero-order valence-corrected chi connectivity index (χ0v) is 5.83. The van der Waals surface area contributed by atoms with E-state index in [9.17, 15) is 0 Å². The monoisotopic (exact) mass is 138 g/mol. The highest BCUT2D eigenvalue weighted by molar-refractivity contribution is 5.75. The van der Waals surface area contributed by atoms with Crippen LogP contribution in [0.3, 0.4) is 0 Å². The fraction of sp³-hybridized carbons (Fsp3) is 0.333. The van der Waals surface area contributed by atoms with Crippen molar-refractivity contribution in [2.75, 3.05) is 0 Å². The maximum atomic E-state index is 7.00. The van der Waals surface area contributed by atoms with Crippen molar-refractivity contribution < 1.29 is 0 Å². The third-order valence-electron chi connectivity index (χ3n) is 1.25. The Morgan fingerprint density at radius 3 is 2.90 bits per heavy atom. The Labute approximate surface area is 59.2 Å². The van der Waals surface area contributed by atoms with Gasteiger partial charge in [-0.3, -0.25) is 5.41 Å². The summed E-state index contributed by atoms with van der Waals surface area (Å²) in [4.78, 5) is 0. The summed E-state index contributed by atoms with van der Waals surface area (Å²) in [5.74, 6) is -0.0419. The molecular weight excluding hydrogens is 128 g/mol. The van der Waals surface area contributed by atoms with Crippen molar-refractivity contribution in [2.24, 2.45) is 5.73 Å². The first kappa shape index (κ1) is 6.80. The molecule has 3 N–H and O–H groups in total. The number of aromatic nitrogens is 2. The molecular formula is C6H10N4. The molecule has 0 bridgehead atoms. The van der Waals surface area contributed by atoms with Gasteiger partial charge in [0.25, 0.3) is 0 Å². The molecule has 1 rings (SSSR count). The molecule has 4 nitrogen and oxygen atoms in total. The molecule has 0 aromatic carbocycles. The fourth-order valence-electron chi connectivity index (χ4n) is 0.684. The summed E-state index contributed by atoms with van der Waals surface area (Å²) in [7, 11) is 0. The van der Waals surface area contributed by atoms with Gasteiger partial charge in [0.15, 0.2) is 0 Å². The normalized spacial score (nSPS) is 9.70. The van der Waals surface area contributed by atoms with E-state index in [-0.39, 0.29) is 5.96 Å². The molecule has 0 saturated carbocycles. The summed E-state index contributed by atoms with van der Waals surface area (Å²) in [6, 6.07) is 1.85. The second-order valence-corrected chi connectivity index (χ2v) is 1.99. The van der Waals surface area contributed by atoms with E-state index in [4.69, 9.17) is 11.1 Å². The number of nitrogen functional groups attached to an aromatic ring is 1. The number of nitrogens with two attached hydrogens (primary N) is 1. The third-order valence-corrected chi connectivity index (χ3v) is 1.25. The van der Waals surface area contributed by atoms with Crippen LogP contribution in [0, 0.1) is 5.41 Å². The number of rotatable bonds is 1. The van der Waals surface area contributed by atoms with Crippen molar-refractivity contribution in [1.29, 1.82) is 5.41 Å². The van der Waals surface area contributed by atoms with Crippen LogP contribution in [-0.4, -0.2) is 15.7 Å². The first-order valence-corrected chi connectivity index (χ1v) is 3.13. The van der Waals surface area contributed by atoms with Crippen LogP contribution in [0.2, 0.25) is 0 Å². The van der Waals surface area contributed by atoms with Crippen molar-refractivity contribution in [3.05, 3.63) is 18.0 Å². The Hall–Kier alpha value is -1.32. The lowest BCUT2D eigenvalue weighted by Gasteiger charge is -1.93. The van der Waals surface area contributed by atoms with Gasteiger partial charge < -0.3 is 5.73 Å². The number of nitrogens with zero attached hydrogens (tertiary/aromatic N) is 2. The van der Waals surface area contributed by atoms with Gasteiger partial charge in [-0.25, -0.2) is 4.68 Å². The van der Waals surface area contributed by atoms with E-state index in [0.29, 0.717) is 0 Å². The molecule has 0 atom stereocenters. The maximum Gasteiger partial charge on any atom is 0.213 e. The largest absolute Gasteiger partial charge is 0.368 e. The number of hydrogen-bond donors (Lipinski definition) is 2. The molecule has 0 amide bonds. The molecule has 0 radical (unpaired) electrons. The summed E-state index contributed by atoms with van der Waals surface area (Å²) in [5, 5.41) is 11.0. The van der Waals surface area contributed by atoms with Gasteiger partial charge in [0, 0.05) is 6.20 Å². The van der Waals surface area contributed by atoms with Crippen LogP contribution in [0.5, 0.6) is 0 Å². The predicted octanol–water partition coefficient (Wildman–Crippen LogP) is 0.187. The minimum absolute atomic E-state index is 0.0419. The quantitative estimate of drug-likeness (QED) is 0.429. The predicted molar refractivity (Wildman–Crippen MR) is 38.9 cm³/mol. The second kappa shape index (κ2) is 2.51. The van der Waals surface area contributed by atoms with Crippen LogP contribution >= 0.6 is 0 Å². The van der Waals surface area contributed by atoms with Crippen LogP contribution < -0.4 is 5.73 Å². The molecule has 1 aromatic heterocycles. The first-order chi connectivity index (χ1) is 4.74. The van der Waals surface area contributed by atoms with Crippen LogP contribution in [0.15, 0.2) is 12.3 Å². The van der Waals surface area contributed by atoms with Gasteiger partial charge in [0.05, 0.1) is 5.69 Å². The van der Waals surface area contributed by atoms with Crippen molar-refractivity contribution in [3.63, 3.8) is 0 Å². The van der Waals surface area contributed by atoms with Gasteiger partial charge in [-0.1, -0.05) is 6.92 Å². The van der Waals surface area contributed by atoms with Crippen molar-refractivity contribution in [2.45, 2.75) is 13.3 Å². The maximum absolute atomic E-state index is 7.00. The summed E-state index contributed by atoms with van der Waals surface area (Å²) in [6.45, 7) is 2.01. The van der Waals surface area contributed by atoms with Gasteiger partial charge in [0.2, 0.25) is 5.96 Å². The Bertz CT molecular complexity index is 238. The minimum Gasteiger partial charge on any atom is -0.368 e. The Morgan fingerprint density at radius 1 is 1.90 bits per heavy atom. The SMILES string of the molecule is CCc1ccn(C(=N)N)n1. The van der Waals surface area contributed by atoms with E-state index in [0.717, 1.165) is 12.1 Å². The molecule has 0 aliphatic carbocycles. The number of aryl methyl sites for hydroxylation is 1. The van der Waals surface area contributed by atoms with E-state index in [1.54, 1.807) is 6.20 Å². The molecule has 0 fully saturated rings. The first-order valence-electron chi connectivity index (χ1n) is 3.13. The molecule has 10 heavy (non-hydrogen) atoms. The molecule has 4 heteroatoms. The zero-order chi connectivity index (χ0) is 7.56. The van der Waals surface area contributed by atoms with Crippen molar-refractivity contribution in [1.82, 2.24) is 9.78 Å². The molecule has 54 valence electrons. The average Bonchev–Trinajstić information content (AvgIpc) is 2.34. The van der Waals surface area contributed by atoms with Crippen molar-refractivity contribution in [3.8, 4) is 0 Å². The van der Waals surface area contributed by atoms with E-state index in [1.807, 2.05) is 13.0 Å². The smallest absolute Gasteiger partial charge is 0.213 e. The van der Waals surface area contributed by atoms with Gasteiger partial charge in [-0.2, -0.15) is 5.10 Å². The standard InChI is InChI=1S/C6H10N4/c1-2-5-3-4-10(9-5)6(7)8/h3-4H,2H2,1H3,(H3,7,8). The van der Waals surface area contributed by atoms with E-state index in [2.05, 4.69) is 5.10 Å². The van der Waals surface area contributed by atoms with E-state index >= 15 is 0 Å². The van der Waals surface area contributed by atoms with Crippen molar-refractivity contribution >= 4 is 5.96 Å². The van der Waals surface area contributed by atoms with E-state index in [1.165, 1.54) is 4.68 Å². The van der Waals surface area contributed by atoms with Crippen LogP contribution in [-0.2, 0) is 6.42 Å².